The van der Waals surface area contributed by atoms with Crippen molar-refractivity contribution >= 4 is 23.2 Å². The summed E-state index contributed by atoms with van der Waals surface area (Å²) in [6.45, 7) is 4.60. The minimum Gasteiger partial charge on any atom is -0.364 e. The van der Waals surface area contributed by atoms with Crippen LogP contribution in [-0.4, -0.2) is 25.5 Å². The zero-order valence-corrected chi connectivity index (χ0v) is 11.8. The Bertz CT molecular complexity index is 421. The molecule has 0 radical (unpaired) electrons. The number of nitrogens with two attached hydrogens (primary N) is 1. The van der Waals surface area contributed by atoms with Gasteiger partial charge in [-0.15, -0.1) is 0 Å². The molecule has 5 heteroatoms. The second kappa shape index (κ2) is 6.61. The SMILES string of the molecule is CC(C)NC(=O)CN(C)c1ccc(CN)cc1Cl. The van der Waals surface area contributed by atoms with Crippen molar-refractivity contribution in [3.05, 3.63) is 28.8 Å². The molecular formula is C13H20ClN3O. The predicted molar refractivity (Wildman–Crippen MR) is 75.9 cm³/mol. The van der Waals surface area contributed by atoms with Crippen molar-refractivity contribution in [2.24, 2.45) is 5.73 Å². The molecule has 0 saturated carbocycles. The molecule has 1 rings (SSSR count). The molecule has 1 aromatic rings. The van der Waals surface area contributed by atoms with E-state index in [1.807, 2.05) is 44.0 Å². The summed E-state index contributed by atoms with van der Waals surface area (Å²) in [5, 5.41) is 3.45. The van der Waals surface area contributed by atoms with Crippen molar-refractivity contribution in [3.63, 3.8) is 0 Å². The van der Waals surface area contributed by atoms with E-state index in [0.29, 0.717) is 11.6 Å². The maximum absolute atomic E-state index is 11.7. The topological polar surface area (TPSA) is 58.4 Å². The summed E-state index contributed by atoms with van der Waals surface area (Å²) < 4.78 is 0. The summed E-state index contributed by atoms with van der Waals surface area (Å²) >= 11 is 6.16. The number of nitrogens with zero attached hydrogens (tertiary/aromatic N) is 1. The first-order valence-corrected chi connectivity index (χ1v) is 6.30. The van der Waals surface area contributed by atoms with Gasteiger partial charge in [-0.2, -0.15) is 0 Å². The number of likely N-dealkylation sites (N-methyl/N-ethyl adjacent to an activating group) is 1. The summed E-state index contributed by atoms with van der Waals surface area (Å²) in [6, 6.07) is 5.76. The van der Waals surface area contributed by atoms with Gasteiger partial charge in [0.2, 0.25) is 5.91 Å². The summed E-state index contributed by atoms with van der Waals surface area (Å²) in [7, 11) is 1.84. The van der Waals surface area contributed by atoms with Crippen LogP contribution in [-0.2, 0) is 11.3 Å². The molecule has 1 amide bonds. The van der Waals surface area contributed by atoms with E-state index in [-0.39, 0.29) is 18.5 Å². The summed E-state index contributed by atoms with van der Waals surface area (Å²) in [5.74, 6) is -0.0218. The van der Waals surface area contributed by atoms with Crippen LogP contribution in [0.2, 0.25) is 5.02 Å². The van der Waals surface area contributed by atoms with Crippen LogP contribution < -0.4 is 16.0 Å². The van der Waals surface area contributed by atoms with Crippen molar-refractivity contribution in [1.82, 2.24) is 5.32 Å². The van der Waals surface area contributed by atoms with E-state index >= 15 is 0 Å². The molecule has 0 aliphatic rings. The molecule has 4 nitrogen and oxygen atoms in total. The minimum absolute atomic E-state index is 0.0218. The van der Waals surface area contributed by atoms with Crippen molar-refractivity contribution in [1.29, 1.82) is 0 Å². The molecule has 18 heavy (non-hydrogen) atoms. The van der Waals surface area contributed by atoms with Gasteiger partial charge in [-0.05, 0) is 31.5 Å². The average Bonchev–Trinajstić information content (AvgIpc) is 2.27. The highest BCUT2D eigenvalue weighted by Crippen LogP contribution is 2.25. The number of hydrogen-bond donors (Lipinski definition) is 2. The van der Waals surface area contributed by atoms with Gasteiger partial charge in [0.1, 0.15) is 0 Å². The number of hydrogen-bond acceptors (Lipinski definition) is 3. The van der Waals surface area contributed by atoms with Crippen molar-refractivity contribution < 1.29 is 4.79 Å². The van der Waals surface area contributed by atoms with Crippen LogP contribution in [0.15, 0.2) is 18.2 Å². The average molecular weight is 270 g/mol. The van der Waals surface area contributed by atoms with Crippen LogP contribution in [0.3, 0.4) is 0 Å². The first kappa shape index (κ1) is 14.8. The third-order valence-electron chi connectivity index (χ3n) is 2.49. The van der Waals surface area contributed by atoms with Crippen LogP contribution >= 0.6 is 11.6 Å². The van der Waals surface area contributed by atoms with Gasteiger partial charge in [-0.1, -0.05) is 17.7 Å². The fraction of sp³-hybridized carbons (Fsp3) is 0.462. The van der Waals surface area contributed by atoms with E-state index < -0.39 is 0 Å². The monoisotopic (exact) mass is 269 g/mol. The Morgan fingerprint density at radius 3 is 2.67 bits per heavy atom. The van der Waals surface area contributed by atoms with E-state index in [0.717, 1.165) is 11.3 Å². The first-order chi connectivity index (χ1) is 8.43. The fourth-order valence-corrected chi connectivity index (χ4v) is 2.00. The Labute approximate surface area is 113 Å². The van der Waals surface area contributed by atoms with Crippen LogP contribution in [0.5, 0.6) is 0 Å². The lowest BCUT2D eigenvalue weighted by atomic mass is 10.2. The number of nitrogens with one attached hydrogen (secondary N) is 1. The number of carbonyl (C=O) groups is 1. The molecule has 100 valence electrons. The van der Waals surface area contributed by atoms with Crippen molar-refractivity contribution in [2.75, 3.05) is 18.5 Å². The third-order valence-corrected chi connectivity index (χ3v) is 2.79. The summed E-state index contributed by atoms with van der Waals surface area (Å²) in [5.41, 5.74) is 7.35. The molecule has 0 saturated heterocycles. The lowest BCUT2D eigenvalue weighted by molar-refractivity contribution is -0.120. The zero-order chi connectivity index (χ0) is 13.7. The van der Waals surface area contributed by atoms with E-state index in [1.165, 1.54) is 0 Å². The molecule has 0 spiro atoms. The Morgan fingerprint density at radius 1 is 1.50 bits per heavy atom. The summed E-state index contributed by atoms with van der Waals surface area (Å²) in [4.78, 5) is 13.5. The van der Waals surface area contributed by atoms with E-state index in [1.54, 1.807) is 0 Å². The van der Waals surface area contributed by atoms with Crippen LogP contribution in [0.4, 0.5) is 5.69 Å². The highest BCUT2D eigenvalue weighted by molar-refractivity contribution is 6.33. The number of halogens is 1. The van der Waals surface area contributed by atoms with Crippen LogP contribution in [0.25, 0.3) is 0 Å². The third kappa shape index (κ3) is 4.20. The van der Waals surface area contributed by atoms with Gasteiger partial charge in [0.15, 0.2) is 0 Å². The smallest absolute Gasteiger partial charge is 0.239 e. The van der Waals surface area contributed by atoms with Crippen LogP contribution in [0.1, 0.15) is 19.4 Å². The highest BCUT2D eigenvalue weighted by atomic mass is 35.5. The molecule has 0 aliphatic carbocycles. The number of anilines is 1. The quantitative estimate of drug-likeness (QED) is 0.856. The van der Waals surface area contributed by atoms with E-state index in [9.17, 15) is 4.79 Å². The maximum atomic E-state index is 11.7. The van der Waals surface area contributed by atoms with E-state index in [2.05, 4.69) is 5.32 Å². The van der Waals surface area contributed by atoms with Gasteiger partial charge in [0, 0.05) is 19.6 Å². The molecule has 0 fully saturated rings. The van der Waals surface area contributed by atoms with Crippen molar-refractivity contribution in [3.8, 4) is 0 Å². The molecule has 0 aliphatic heterocycles. The highest BCUT2D eigenvalue weighted by Gasteiger charge is 2.11. The van der Waals surface area contributed by atoms with Gasteiger partial charge >= 0.3 is 0 Å². The Hall–Kier alpha value is -1.26. The van der Waals surface area contributed by atoms with Crippen LogP contribution in [0, 0.1) is 0 Å². The van der Waals surface area contributed by atoms with E-state index in [4.69, 9.17) is 17.3 Å². The van der Waals surface area contributed by atoms with Gasteiger partial charge in [0.05, 0.1) is 17.3 Å². The molecule has 0 atom stereocenters. The van der Waals surface area contributed by atoms with Crippen molar-refractivity contribution in [2.45, 2.75) is 26.4 Å². The second-order valence-corrected chi connectivity index (χ2v) is 4.98. The zero-order valence-electron chi connectivity index (χ0n) is 11.0. The minimum atomic E-state index is -0.0218. The Balaban J connectivity index is 2.72. The molecular weight excluding hydrogens is 250 g/mol. The molecule has 0 bridgehead atoms. The van der Waals surface area contributed by atoms with Gasteiger partial charge in [0.25, 0.3) is 0 Å². The molecule has 3 N–H and O–H groups in total. The van der Waals surface area contributed by atoms with Gasteiger partial charge in [-0.3, -0.25) is 4.79 Å². The molecule has 0 aromatic heterocycles. The largest absolute Gasteiger partial charge is 0.364 e. The lowest BCUT2D eigenvalue weighted by Crippen LogP contribution is -2.38. The van der Waals surface area contributed by atoms with Gasteiger partial charge < -0.3 is 16.0 Å². The molecule has 0 heterocycles. The summed E-state index contributed by atoms with van der Waals surface area (Å²) in [6.07, 6.45) is 0. The number of rotatable bonds is 5. The maximum Gasteiger partial charge on any atom is 0.239 e. The standard InChI is InChI=1S/C13H20ClN3O/c1-9(2)16-13(18)8-17(3)12-5-4-10(7-15)6-11(12)14/h4-6,9H,7-8,15H2,1-3H3,(H,16,18). The number of benzene rings is 1. The first-order valence-electron chi connectivity index (χ1n) is 5.93. The molecule has 1 aromatic carbocycles. The predicted octanol–water partition coefficient (Wildman–Crippen LogP) is 1.76. The number of carbonyl (C=O) groups excluding carboxylic acids is 1. The number of amides is 1. The van der Waals surface area contributed by atoms with Gasteiger partial charge in [-0.25, -0.2) is 0 Å². The lowest BCUT2D eigenvalue weighted by Gasteiger charge is -2.21. The molecule has 0 unspecified atom stereocenters. The Morgan fingerprint density at radius 2 is 2.17 bits per heavy atom. The normalized spacial score (nSPS) is 10.6. The second-order valence-electron chi connectivity index (χ2n) is 4.57. The fourth-order valence-electron chi connectivity index (χ4n) is 1.66. The Kier molecular flexibility index (Phi) is 5.44.